The highest BCUT2D eigenvalue weighted by Gasteiger charge is 2.21. The Morgan fingerprint density at radius 1 is 1.56 bits per heavy atom. The summed E-state index contributed by atoms with van der Waals surface area (Å²) in [5.41, 5.74) is 2.42. The van der Waals surface area contributed by atoms with Crippen molar-refractivity contribution >= 4 is 13.6 Å². The molecule has 0 bridgehead atoms. The van der Waals surface area contributed by atoms with Gasteiger partial charge in [-0.15, -0.1) is 0 Å². The van der Waals surface area contributed by atoms with E-state index in [2.05, 4.69) is 0 Å². The Kier molecular flexibility index (Phi) is 3.26. The van der Waals surface area contributed by atoms with Gasteiger partial charge in [0.05, 0.1) is 5.56 Å². The molecule has 4 nitrogen and oxygen atoms in total. The van der Waals surface area contributed by atoms with Gasteiger partial charge in [0.2, 0.25) is 0 Å². The third kappa shape index (κ3) is 2.10. The number of nitrogens with zero attached hydrogens (tertiary/aromatic N) is 1. The van der Waals surface area contributed by atoms with E-state index in [9.17, 15) is 4.79 Å². The largest absolute Gasteiger partial charge is 0.478 e. The minimum Gasteiger partial charge on any atom is -0.478 e. The zero-order valence-electron chi connectivity index (χ0n) is 9.14. The number of carboxylic acids is 1. The third-order valence-electron chi connectivity index (χ3n) is 2.79. The minimum atomic E-state index is -0.865. The molecule has 1 aromatic rings. The first-order valence-electron chi connectivity index (χ1n) is 5.16. The van der Waals surface area contributed by atoms with Crippen LogP contribution >= 0.6 is 0 Å². The lowest BCUT2D eigenvalue weighted by atomic mass is 9.92. The normalized spacial score (nSPS) is 15.6. The number of hydrogen-bond acceptors (Lipinski definition) is 3. The van der Waals surface area contributed by atoms with Crippen molar-refractivity contribution in [2.24, 2.45) is 0 Å². The molecule has 0 amide bonds. The minimum absolute atomic E-state index is 0.395. The molecule has 1 aliphatic heterocycles. The Bertz CT molecular complexity index is 408. The second-order valence-corrected chi connectivity index (χ2v) is 3.81. The van der Waals surface area contributed by atoms with E-state index in [0.717, 1.165) is 24.1 Å². The molecule has 83 valence electrons. The van der Waals surface area contributed by atoms with Gasteiger partial charge in [-0.3, -0.25) is 0 Å². The molecule has 1 aliphatic rings. The molecule has 1 N–H and O–H groups in total. The number of aromatic carboxylic acids is 1. The predicted octanol–water partition coefficient (Wildman–Crippen LogP) is 0.923. The molecule has 0 saturated carbocycles. The zero-order chi connectivity index (χ0) is 11.5. The monoisotopic (exact) mass is 218 g/mol. The average Bonchev–Trinajstić information content (AvgIpc) is 2.28. The molecule has 0 unspecified atom stereocenters. The van der Waals surface area contributed by atoms with E-state index < -0.39 is 5.97 Å². The van der Waals surface area contributed by atoms with E-state index >= 15 is 0 Å². The Morgan fingerprint density at radius 2 is 2.38 bits per heavy atom. The summed E-state index contributed by atoms with van der Waals surface area (Å²) in [5, 5.41) is 9.10. The number of fused-ring (bicyclic) bond motifs is 1. The number of benzene rings is 1. The molecular weight excluding hydrogens is 205 g/mol. The van der Waals surface area contributed by atoms with Gasteiger partial charge in [-0.1, -0.05) is 12.1 Å². The second kappa shape index (κ2) is 4.68. The van der Waals surface area contributed by atoms with Crippen molar-refractivity contribution in [1.29, 1.82) is 0 Å². The van der Waals surface area contributed by atoms with Crippen LogP contribution in [0.5, 0.6) is 0 Å². The maximum Gasteiger partial charge on any atom is 0.398 e. The lowest BCUT2D eigenvalue weighted by Crippen LogP contribution is -2.35. The summed E-state index contributed by atoms with van der Waals surface area (Å²) in [6.45, 7) is 1.47. The average molecular weight is 218 g/mol. The lowest BCUT2D eigenvalue weighted by Gasteiger charge is -2.28. The van der Waals surface area contributed by atoms with Crippen LogP contribution < -0.4 is 0 Å². The van der Waals surface area contributed by atoms with Crippen molar-refractivity contribution in [3.05, 3.63) is 34.9 Å². The van der Waals surface area contributed by atoms with Crippen molar-refractivity contribution < 1.29 is 14.6 Å². The van der Waals surface area contributed by atoms with Crippen molar-refractivity contribution in [3.8, 4) is 0 Å². The van der Waals surface area contributed by atoms with Crippen molar-refractivity contribution in [2.75, 3.05) is 13.7 Å². The summed E-state index contributed by atoms with van der Waals surface area (Å²) in [5.74, 6) is -0.865. The van der Waals surface area contributed by atoms with E-state index in [1.807, 2.05) is 10.9 Å². The highest BCUT2D eigenvalue weighted by molar-refractivity contribution is 6.23. The van der Waals surface area contributed by atoms with Crippen LogP contribution in [0.15, 0.2) is 18.2 Å². The molecular formula is C11H13BNO3. The molecule has 0 aromatic heterocycles. The van der Waals surface area contributed by atoms with Gasteiger partial charge < -0.3 is 14.6 Å². The first-order chi connectivity index (χ1) is 7.72. The number of carboxylic acid groups (broad SMARTS) is 1. The fourth-order valence-electron chi connectivity index (χ4n) is 2.04. The summed E-state index contributed by atoms with van der Waals surface area (Å²) in [6, 6.07) is 5.45. The van der Waals surface area contributed by atoms with Gasteiger partial charge in [-0.2, -0.15) is 0 Å². The second-order valence-electron chi connectivity index (χ2n) is 3.81. The summed E-state index contributed by atoms with van der Waals surface area (Å²) < 4.78 is 4.95. The van der Waals surface area contributed by atoms with Crippen LogP contribution in [0, 0.1) is 0 Å². The SMILES string of the molecule is CO[B]N1CCc2cccc(C(=O)O)c2C1. The van der Waals surface area contributed by atoms with Crippen LogP contribution in [0.3, 0.4) is 0 Å². The van der Waals surface area contributed by atoms with E-state index in [1.165, 1.54) is 0 Å². The zero-order valence-corrected chi connectivity index (χ0v) is 9.14. The van der Waals surface area contributed by atoms with Crippen molar-refractivity contribution in [2.45, 2.75) is 13.0 Å². The molecule has 0 atom stereocenters. The molecule has 1 heterocycles. The van der Waals surface area contributed by atoms with Crippen LogP contribution in [0.2, 0.25) is 0 Å². The van der Waals surface area contributed by atoms with Crippen LogP contribution in [-0.2, 0) is 17.6 Å². The fourth-order valence-corrected chi connectivity index (χ4v) is 2.04. The summed E-state index contributed by atoms with van der Waals surface area (Å²) in [7, 11) is 3.24. The molecule has 16 heavy (non-hydrogen) atoms. The van der Waals surface area contributed by atoms with E-state index in [0.29, 0.717) is 12.1 Å². The van der Waals surface area contributed by atoms with Gasteiger partial charge >= 0.3 is 13.6 Å². The molecule has 5 heteroatoms. The fraction of sp³-hybridized carbons (Fsp3) is 0.364. The number of rotatable bonds is 3. The van der Waals surface area contributed by atoms with Gasteiger partial charge in [0.15, 0.2) is 0 Å². The molecule has 0 saturated heterocycles. The quantitative estimate of drug-likeness (QED) is 0.766. The Balaban J connectivity index is 2.30. The highest BCUT2D eigenvalue weighted by atomic mass is 16.4. The molecule has 0 fully saturated rings. The number of hydrogen-bond donors (Lipinski definition) is 1. The van der Waals surface area contributed by atoms with E-state index in [4.69, 9.17) is 9.76 Å². The molecule has 1 aromatic carbocycles. The third-order valence-corrected chi connectivity index (χ3v) is 2.79. The van der Waals surface area contributed by atoms with Gasteiger partial charge in [0, 0.05) is 13.7 Å². The van der Waals surface area contributed by atoms with Gasteiger partial charge in [0.25, 0.3) is 0 Å². The van der Waals surface area contributed by atoms with Gasteiger partial charge in [0.1, 0.15) is 0 Å². The summed E-state index contributed by atoms with van der Waals surface area (Å²) in [6.07, 6.45) is 0.857. The highest BCUT2D eigenvalue weighted by Crippen LogP contribution is 2.22. The van der Waals surface area contributed by atoms with Crippen LogP contribution in [0.25, 0.3) is 0 Å². The van der Waals surface area contributed by atoms with Crippen molar-refractivity contribution in [3.63, 3.8) is 0 Å². The van der Waals surface area contributed by atoms with Crippen LogP contribution in [0.1, 0.15) is 21.5 Å². The van der Waals surface area contributed by atoms with Gasteiger partial charge in [-0.05, 0) is 30.2 Å². The molecule has 1 radical (unpaired) electrons. The Morgan fingerprint density at radius 3 is 3.06 bits per heavy atom. The first kappa shape index (κ1) is 11.2. The Hall–Kier alpha value is -1.33. The topological polar surface area (TPSA) is 49.8 Å². The predicted molar refractivity (Wildman–Crippen MR) is 60.3 cm³/mol. The summed E-state index contributed by atoms with van der Waals surface area (Å²) >= 11 is 0. The molecule has 2 rings (SSSR count). The summed E-state index contributed by atoms with van der Waals surface area (Å²) in [4.78, 5) is 13.1. The lowest BCUT2D eigenvalue weighted by molar-refractivity contribution is 0.0694. The van der Waals surface area contributed by atoms with Gasteiger partial charge in [-0.25, -0.2) is 4.79 Å². The smallest absolute Gasteiger partial charge is 0.398 e. The van der Waals surface area contributed by atoms with Crippen LogP contribution in [-0.4, -0.2) is 37.2 Å². The van der Waals surface area contributed by atoms with E-state index in [1.54, 1.807) is 26.9 Å². The first-order valence-corrected chi connectivity index (χ1v) is 5.16. The van der Waals surface area contributed by atoms with Crippen LogP contribution in [0.4, 0.5) is 0 Å². The van der Waals surface area contributed by atoms with Crippen molar-refractivity contribution in [1.82, 2.24) is 4.81 Å². The maximum absolute atomic E-state index is 11.1. The Labute approximate surface area is 95.1 Å². The van der Waals surface area contributed by atoms with E-state index in [-0.39, 0.29) is 0 Å². The molecule has 0 aliphatic carbocycles. The number of carbonyl (C=O) groups is 1. The standard InChI is InChI=1S/C11H13BNO3/c1-16-12-13-6-5-8-3-2-4-9(11(14)15)10(8)7-13/h2-4H,5-7H2,1H3,(H,14,15). The maximum atomic E-state index is 11.1. The molecule has 0 spiro atoms.